The van der Waals surface area contributed by atoms with Gasteiger partial charge in [0.1, 0.15) is 0 Å². The summed E-state index contributed by atoms with van der Waals surface area (Å²) in [5.74, 6) is 1.91. The second-order valence-electron chi connectivity index (χ2n) is 4.72. The summed E-state index contributed by atoms with van der Waals surface area (Å²) in [5, 5.41) is 3.73. The molecule has 1 aliphatic heterocycles. The molecule has 3 atom stereocenters. The van der Waals surface area contributed by atoms with Gasteiger partial charge in [-0.2, -0.15) is 0 Å². The Hall–Kier alpha value is -0.0800. The quantitative estimate of drug-likeness (QED) is 0.720. The summed E-state index contributed by atoms with van der Waals surface area (Å²) in [6.45, 7) is 6.59. The van der Waals surface area contributed by atoms with E-state index in [1.807, 2.05) is 0 Å². The zero-order valence-corrected chi connectivity index (χ0v) is 8.75. The van der Waals surface area contributed by atoms with E-state index in [1.54, 1.807) is 0 Å². The summed E-state index contributed by atoms with van der Waals surface area (Å²) in [7, 11) is 0. The van der Waals surface area contributed by atoms with Crippen LogP contribution in [0.2, 0.25) is 0 Å². The van der Waals surface area contributed by atoms with E-state index in [2.05, 4.69) is 19.2 Å². The van der Waals surface area contributed by atoms with Crippen LogP contribution in [-0.4, -0.2) is 25.3 Å². The fourth-order valence-corrected chi connectivity index (χ4v) is 2.41. The van der Waals surface area contributed by atoms with Crippen LogP contribution in [0.3, 0.4) is 0 Å². The van der Waals surface area contributed by atoms with Gasteiger partial charge in [-0.25, -0.2) is 0 Å². The molecule has 1 N–H and O–H groups in total. The lowest BCUT2D eigenvalue weighted by Gasteiger charge is -2.26. The van der Waals surface area contributed by atoms with Crippen molar-refractivity contribution in [2.45, 2.75) is 45.2 Å². The third-order valence-corrected chi connectivity index (χ3v) is 3.53. The monoisotopic (exact) mass is 183 g/mol. The summed E-state index contributed by atoms with van der Waals surface area (Å²) < 4.78 is 5.34. The number of nitrogens with one attached hydrogen (secondary N) is 1. The molecule has 0 radical (unpaired) electrons. The third-order valence-electron chi connectivity index (χ3n) is 3.53. The third kappa shape index (κ3) is 2.44. The molecule has 1 saturated carbocycles. The van der Waals surface area contributed by atoms with Crippen LogP contribution in [0.5, 0.6) is 0 Å². The smallest absolute Gasteiger partial charge is 0.0480 e. The predicted molar refractivity (Wildman–Crippen MR) is 53.7 cm³/mol. The van der Waals surface area contributed by atoms with Crippen LogP contribution in [0.25, 0.3) is 0 Å². The first-order valence-electron chi connectivity index (χ1n) is 5.61. The van der Waals surface area contributed by atoms with Gasteiger partial charge in [-0.15, -0.1) is 0 Å². The van der Waals surface area contributed by atoms with E-state index in [9.17, 15) is 0 Å². The van der Waals surface area contributed by atoms with E-state index >= 15 is 0 Å². The molecule has 3 unspecified atom stereocenters. The molecule has 2 nitrogen and oxygen atoms in total. The van der Waals surface area contributed by atoms with E-state index in [0.717, 1.165) is 37.1 Å². The van der Waals surface area contributed by atoms with Crippen LogP contribution < -0.4 is 5.32 Å². The minimum absolute atomic E-state index is 0.719. The average Bonchev–Trinajstić information content (AvgIpc) is 2.84. The van der Waals surface area contributed by atoms with Crippen molar-refractivity contribution in [2.75, 3.05) is 13.2 Å². The van der Waals surface area contributed by atoms with Crippen LogP contribution in [0.1, 0.15) is 33.1 Å². The minimum Gasteiger partial charge on any atom is -0.381 e. The molecule has 0 aromatic carbocycles. The van der Waals surface area contributed by atoms with Crippen molar-refractivity contribution in [3.05, 3.63) is 0 Å². The zero-order valence-electron chi connectivity index (χ0n) is 8.75. The van der Waals surface area contributed by atoms with Crippen LogP contribution in [0.15, 0.2) is 0 Å². The Labute approximate surface area is 81.0 Å². The van der Waals surface area contributed by atoms with Crippen LogP contribution in [0.4, 0.5) is 0 Å². The molecule has 2 aliphatic rings. The first-order chi connectivity index (χ1) is 6.27. The van der Waals surface area contributed by atoms with Crippen molar-refractivity contribution >= 4 is 0 Å². The van der Waals surface area contributed by atoms with Gasteiger partial charge in [0.05, 0.1) is 0 Å². The summed E-state index contributed by atoms with van der Waals surface area (Å²) in [6, 6.07) is 1.44. The maximum atomic E-state index is 5.34. The summed E-state index contributed by atoms with van der Waals surface area (Å²) in [6.07, 6.45) is 3.83. The summed E-state index contributed by atoms with van der Waals surface area (Å²) >= 11 is 0. The Kier molecular flexibility index (Phi) is 2.89. The maximum Gasteiger partial charge on any atom is 0.0480 e. The topological polar surface area (TPSA) is 21.3 Å². The highest BCUT2D eigenvalue weighted by Crippen LogP contribution is 2.40. The normalized spacial score (nSPS) is 37.4. The molecule has 0 bridgehead atoms. The maximum absolute atomic E-state index is 5.34. The van der Waals surface area contributed by atoms with Crippen molar-refractivity contribution in [1.82, 2.24) is 5.32 Å². The van der Waals surface area contributed by atoms with Crippen molar-refractivity contribution < 1.29 is 4.74 Å². The molecule has 1 aliphatic carbocycles. The van der Waals surface area contributed by atoms with Crippen LogP contribution >= 0.6 is 0 Å². The average molecular weight is 183 g/mol. The molecule has 0 amide bonds. The zero-order chi connectivity index (χ0) is 9.26. The number of hydrogen-bond acceptors (Lipinski definition) is 2. The number of rotatable bonds is 3. The highest BCUT2D eigenvalue weighted by Gasteiger charge is 2.37. The molecule has 2 rings (SSSR count). The molecular formula is C11H21NO. The van der Waals surface area contributed by atoms with Crippen molar-refractivity contribution in [3.8, 4) is 0 Å². The molecule has 0 spiro atoms. The largest absolute Gasteiger partial charge is 0.381 e. The second-order valence-corrected chi connectivity index (χ2v) is 4.72. The molecule has 76 valence electrons. The van der Waals surface area contributed by atoms with E-state index in [0.29, 0.717) is 0 Å². The van der Waals surface area contributed by atoms with Crippen molar-refractivity contribution in [2.24, 2.45) is 11.8 Å². The molecule has 2 heteroatoms. The van der Waals surface area contributed by atoms with E-state index < -0.39 is 0 Å². The molecule has 1 heterocycles. The van der Waals surface area contributed by atoms with Gasteiger partial charge in [-0.3, -0.25) is 0 Å². The summed E-state index contributed by atoms with van der Waals surface area (Å²) in [4.78, 5) is 0. The Morgan fingerprint density at radius 2 is 1.92 bits per heavy atom. The molecule has 0 aromatic rings. The Balaban J connectivity index is 1.70. The fraction of sp³-hybridized carbons (Fsp3) is 1.00. The van der Waals surface area contributed by atoms with Gasteiger partial charge in [0.2, 0.25) is 0 Å². The Bertz CT molecular complexity index is 165. The van der Waals surface area contributed by atoms with Crippen LogP contribution in [0, 0.1) is 11.8 Å². The SMILES string of the molecule is CC1CC1C(C)NC1CCOCC1. The standard InChI is InChI=1S/C11H21NO/c1-8-7-11(8)9(2)12-10-3-5-13-6-4-10/h8-12H,3-7H2,1-2H3. The Morgan fingerprint density at radius 3 is 2.46 bits per heavy atom. The van der Waals surface area contributed by atoms with Gasteiger partial charge >= 0.3 is 0 Å². The summed E-state index contributed by atoms with van der Waals surface area (Å²) in [5.41, 5.74) is 0. The second kappa shape index (κ2) is 3.97. The highest BCUT2D eigenvalue weighted by molar-refractivity contribution is 4.91. The van der Waals surface area contributed by atoms with Gasteiger partial charge in [0, 0.05) is 25.3 Å². The molecule has 1 saturated heterocycles. The van der Waals surface area contributed by atoms with Gasteiger partial charge in [-0.05, 0) is 38.0 Å². The van der Waals surface area contributed by atoms with Crippen LogP contribution in [-0.2, 0) is 4.74 Å². The highest BCUT2D eigenvalue weighted by atomic mass is 16.5. The lowest BCUT2D eigenvalue weighted by molar-refractivity contribution is 0.0745. The lowest BCUT2D eigenvalue weighted by atomic mass is 10.1. The van der Waals surface area contributed by atoms with Crippen molar-refractivity contribution in [1.29, 1.82) is 0 Å². The molecule has 2 fully saturated rings. The first kappa shape index (κ1) is 9.47. The van der Waals surface area contributed by atoms with Gasteiger partial charge < -0.3 is 10.1 Å². The van der Waals surface area contributed by atoms with Crippen molar-refractivity contribution in [3.63, 3.8) is 0 Å². The van der Waals surface area contributed by atoms with E-state index in [4.69, 9.17) is 4.74 Å². The molecular weight excluding hydrogens is 162 g/mol. The molecule has 0 aromatic heterocycles. The molecule has 13 heavy (non-hydrogen) atoms. The van der Waals surface area contributed by atoms with Gasteiger partial charge in [0.25, 0.3) is 0 Å². The van der Waals surface area contributed by atoms with Gasteiger partial charge in [-0.1, -0.05) is 6.92 Å². The van der Waals surface area contributed by atoms with E-state index in [1.165, 1.54) is 19.3 Å². The lowest BCUT2D eigenvalue weighted by Crippen LogP contribution is -2.41. The number of ether oxygens (including phenoxy) is 1. The first-order valence-corrected chi connectivity index (χ1v) is 5.61. The fourth-order valence-electron chi connectivity index (χ4n) is 2.41. The van der Waals surface area contributed by atoms with E-state index in [-0.39, 0.29) is 0 Å². The predicted octanol–water partition coefficient (Wildman–Crippen LogP) is 1.80. The van der Waals surface area contributed by atoms with Gasteiger partial charge in [0.15, 0.2) is 0 Å². The minimum atomic E-state index is 0.719. The Morgan fingerprint density at radius 1 is 1.31 bits per heavy atom. The number of hydrogen-bond donors (Lipinski definition) is 1.